The molecule has 0 aliphatic heterocycles. The predicted octanol–water partition coefficient (Wildman–Crippen LogP) is 3.70. The molecule has 1 heterocycles. The van der Waals surface area contributed by atoms with E-state index in [9.17, 15) is 4.79 Å². The van der Waals surface area contributed by atoms with Crippen LogP contribution in [0.2, 0.25) is 0 Å². The molecule has 1 amide bonds. The number of carbonyl (C=O) groups is 1. The summed E-state index contributed by atoms with van der Waals surface area (Å²) in [6.45, 7) is 6.44. The second-order valence-electron chi connectivity index (χ2n) is 5.27. The Balaban J connectivity index is 1.93. The highest BCUT2D eigenvalue weighted by molar-refractivity contribution is 5.94. The van der Waals surface area contributed by atoms with Crippen LogP contribution in [-0.4, -0.2) is 12.0 Å². The Morgan fingerprint density at radius 3 is 2.48 bits per heavy atom. The summed E-state index contributed by atoms with van der Waals surface area (Å²) in [5.74, 6) is 0.625. The van der Waals surface area contributed by atoms with Gasteiger partial charge in [0.15, 0.2) is 0 Å². The number of hydrogen-bond donors (Lipinski definition) is 1. The highest BCUT2D eigenvalue weighted by Gasteiger charge is 2.13. The minimum atomic E-state index is -0.156. The van der Waals surface area contributed by atoms with Crippen LogP contribution in [0.15, 0.2) is 47.1 Å². The van der Waals surface area contributed by atoms with Crippen molar-refractivity contribution in [1.82, 2.24) is 5.32 Å². The Bertz CT molecular complexity index is 558. The molecule has 0 unspecified atom stereocenters. The van der Waals surface area contributed by atoms with E-state index in [1.165, 1.54) is 0 Å². The number of hydrogen-bond acceptors (Lipinski definition) is 3. The second kappa shape index (κ2) is 7.09. The quantitative estimate of drug-likeness (QED) is 0.881. The molecule has 2 aromatic rings. The topological polar surface area (TPSA) is 51.5 Å². The summed E-state index contributed by atoms with van der Waals surface area (Å²) in [4.78, 5) is 12.1. The second-order valence-corrected chi connectivity index (χ2v) is 5.27. The largest absolute Gasteiger partial charge is 0.467 e. The Labute approximate surface area is 125 Å². The van der Waals surface area contributed by atoms with Gasteiger partial charge in [-0.3, -0.25) is 4.79 Å². The van der Waals surface area contributed by atoms with Gasteiger partial charge < -0.3 is 14.5 Å². The Morgan fingerprint density at radius 2 is 1.90 bits per heavy atom. The fraction of sp³-hybridized carbons (Fsp3) is 0.353. The molecular formula is C17H21NO3. The van der Waals surface area contributed by atoms with Crippen LogP contribution in [0.1, 0.15) is 48.5 Å². The number of amides is 1. The molecule has 4 heteroatoms. The van der Waals surface area contributed by atoms with Gasteiger partial charge in [-0.1, -0.05) is 12.1 Å². The molecular weight excluding hydrogens is 266 g/mol. The monoisotopic (exact) mass is 287 g/mol. The number of rotatable bonds is 6. The van der Waals surface area contributed by atoms with Gasteiger partial charge in [0.1, 0.15) is 5.76 Å². The van der Waals surface area contributed by atoms with Gasteiger partial charge in [-0.05, 0) is 50.6 Å². The molecule has 0 fully saturated rings. The van der Waals surface area contributed by atoms with Crippen molar-refractivity contribution in [3.63, 3.8) is 0 Å². The minimum Gasteiger partial charge on any atom is -0.467 e. The van der Waals surface area contributed by atoms with Crippen molar-refractivity contribution in [2.45, 2.75) is 39.5 Å². The van der Waals surface area contributed by atoms with Crippen molar-refractivity contribution >= 4 is 5.91 Å². The third-order valence-electron chi connectivity index (χ3n) is 3.12. The van der Waals surface area contributed by atoms with Crippen molar-refractivity contribution < 1.29 is 13.9 Å². The molecule has 21 heavy (non-hydrogen) atoms. The first-order chi connectivity index (χ1) is 10.1. The molecule has 0 saturated carbocycles. The van der Waals surface area contributed by atoms with Crippen molar-refractivity contribution in [1.29, 1.82) is 0 Å². The normalized spacial score (nSPS) is 12.4. The third kappa shape index (κ3) is 4.46. The molecule has 0 aliphatic carbocycles. The van der Waals surface area contributed by atoms with E-state index in [4.69, 9.17) is 9.15 Å². The summed E-state index contributed by atoms with van der Waals surface area (Å²) in [6, 6.07) is 10.9. The van der Waals surface area contributed by atoms with E-state index in [1.54, 1.807) is 6.26 Å². The van der Waals surface area contributed by atoms with E-state index in [0.717, 1.165) is 11.3 Å². The Morgan fingerprint density at radius 1 is 1.19 bits per heavy atom. The zero-order valence-corrected chi connectivity index (χ0v) is 12.6. The zero-order valence-electron chi connectivity index (χ0n) is 12.6. The summed E-state index contributed by atoms with van der Waals surface area (Å²) in [5.41, 5.74) is 1.68. The number of ether oxygens (including phenoxy) is 1. The lowest BCUT2D eigenvalue weighted by Gasteiger charge is -2.12. The fourth-order valence-corrected chi connectivity index (χ4v) is 1.90. The molecule has 0 bridgehead atoms. The van der Waals surface area contributed by atoms with E-state index >= 15 is 0 Å². The van der Waals surface area contributed by atoms with E-state index < -0.39 is 0 Å². The number of carbonyl (C=O) groups excluding carboxylic acids is 1. The van der Waals surface area contributed by atoms with Gasteiger partial charge >= 0.3 is 0 Å². The molecule has 112 valence electrons. The van der Waals surface area contributed by atoms with Crippen molar-refractivity contribution in [3.8, 4) is 0 Å². The molecule has 1 aromatic carbocycles. The molecule has 0 spiro atoms. The molecule has 0 radical (unpaired) electrons. The number of nitrogens with one attached hydrogen (secondary N) is 1. The van der Waals surface area contributed by atoms with Gasteiger partial charge in [0.2, 0.25) is 0 Å². The zero-order chi connectivity index (χ0) is 15.2. The molecule has 0 saturated heterocycles. The maximum Gasteiger partial charge on any atom is 0.251 e. The summed E-state index contributed by atoms with van der Waals surface area (Å²) in [5, 5.41) is 2.90. The van der Waals surface area contributed by atoms with Gasteiger partial charge in [0, 0.05) is 5.56 Å². The van der Waals surface area contributed by atoms with E-state index in [1.807, 2.05) is 57.2 Å². The average Bonchev–Trinajstić information content (AvgIpc) is 3.00. The van der Waals surface area contributed by atoms with Gasteiger partial charge in [0.25, 0.3) is 5.91 Å². The average molecular weight is 287 g/mol. The van der Waals surface area contributed by atoms with Gasteiger partial charge in [-0.2, -0.15) is 0 Å². The lowest BCUT2D eigenvalue weighted by molar-refractivity contribution is 0.0656. The maximum atomic E-state index is 12.1. The first-order valence-corrected chi connectivity index (χ1v) is 7.11. The SMILES string of the molecule is CC(C)OCc1ccc(C(=O)N[C@@H](C)c2ccco2)cc1. The van der Waals surface area contributed by atoms with Crippen LogP contribution >= 0.6 is 0 Å². The molecule has 2 rings (SSSR count). The molecule has 1 N–H and O–H groups in total. The Kier molecular flexibility index (Phi) is 5.17. The first kappa shape index (κ1) is 15.3. The van der Waals surface area contributed by atoms with E-state index in [2.05, 4.69) is 5.32 Å². The van der Waals surface area contributed by atoms with Gasteiger partial charge in [-0.25, -0.2) is 0 Å². The van der Waals surface area contributed by atoms with Crippen LogP contribution in [0.25, 0.3) is 0 Å². The van der Waals surface area contributed by atoms with E-state index in [0.29, 0.717) is 12.2 Å². The standard InChI is InChI=1S/C17H21NO3/c1-12(2)21-11-14-6-8-15(9-7-14)17(19)18-13(3)16-5-4-10-20-16/h4-10,12-13H,11H2,1-3H3,(H,18,19)/t13-/m0/s1. The van der Waals surface area contributed by atoms with Crippen LogP contribution in [0.3, 0.4) is 0 Å². The van der Waals surface area contributed by atoms with Gasteiger partial charge in [0.05, 0.1) is 25.0 Å². The fourth-order valence-electron chi connectivity index (χ4n) is 1.90. The van der Waals surface area contributed by atoms with Crippen molar-refractivity contribution in [2.75, 3.05) is 0 Å². The number of benzene rings is 1. The molecule has 4 nitrogen and oxygen atoms in total. The lowest BCUT2D eigenvalue weighted by Crippen LogP contribution is -2.26. The molecule has 0 aliphatic rings. The van der Waals surface area contributed by atoms with Crippen LogP contribution in [0, 0.1) is 0 Å². The summed E-state index contributed by atoms with van der Waals surface area (Å²) in [6.07, 6.45) is 1.80. The van der Waals surface area contributed by atoms with Gasteiger partial charge in [-0.15, -0.1) is 0 Å². The number of furan rings is 1. The minimum absolute atomic E-state index is 0.116. The molecule has 1 aromatic heterocycles. The third-order valence-corrected chi connectivity index (χ3v) is 3.12. The van der Waals surface area contributed by atoms with Crippen molar-refractivity contribution in [2.24, 2.45) is 0 Å². The Hall–Kier alpha value is -2.07. The predicted molar refractivity (Wildman–Crippen MR) is 81.0 cm³/mol. The van der Waals surface area contributed by atoms with Crippen LogP contribution in [-0.2, 0) is 11.3 Å². The first-order valence-electron chi connectivity index (χ1n) is 7.11. The highest BCUT2D eigenvalue weighted by atomic mass is 16.5. The summed E-state index contributed by atoms with van der Waals surface area (Å²) in [7, 11) is 0. The lowest BCUT2D eigenvalue weighted by atomic mass is 10.1. The maximum absolute atomic E-state index is 12.1. The molecule has 1 atom stereocenters. The van der Waals surface area contributed by atoms with Crippen LogP contribution < -0.4 is 5.32 Å². The summed E-state index contributed by atoms with van der Waals surface area (Å²) >= 11 is 0. The van der Waals surface area contributed by atoms with Crippen LogP contribution in [0.5, 0.6) is 0 Å². The van der Waals surface area contributed by atoms with Crippen molar-refractivity contribution in [3.05, 3.63) is 59.5 Å². The van der Waals surface area contributed by atoms with Crippen LogP contribution in [0.4, 0.5) is 0 Å². The smallest absolute Gasteiger partial charge is 0.251 e. The van der Waals surface area contributed by atoms with E-state index in [-0.39, 0.29) is 18.1 Å². The summed E-state index contributed by atoms with van der Waals surface area (Å²) < 4.78 is 10.8. The highest BCUT2D eigenvalue weighted by Crippen LogP contribution is 2.14.